The third-order valence-electron chi connectivity index (χ3n) is 7.33. The van der Waals surface area contributed by atoms with Gasteiger partial charge < -0.3 is 14.2 Å². The van der Waals surface area contributed by atoms with E-state index in [9.17, 15) is 13.2 Å². The molecule has 1 unspecified atom stereocenters. The van der Waals surface area contributed by atoms with Crippen molar-refractivity contribution in [3.8, 4) is 28.5 Å². The van der Waals surface area contributed by atoms with Crippen molar-refractivity contribution in [2.24, 2.45) is 7.05 Å². The van der Waals surface area contributed by atoms with Gasteiger partial charge in [-0.25, -0.2) is 19.6 Å². The number of alkyl halides is 3. The van der Waals surface area contributed by atoms with Crippen molar-refractivity contribution in [1.82, 2.24) is 29.3 Å². The minimum absolute atomic E-state index is 0.281. The molecule has 11 heteroatoms. The molecule has 1 aliphatic heterocycles. The van der Waals surface area contributed by atoms with Gasteiger partial charge in [0.05, 0.1) is 18.4 Å². The van der Waals surface area contributed by atoms with Crippen LogP contribution in [0.25, 0.3) is 22.6 Å². The molecular weight excluding hydrogens is 495 g/mol. The van der Waals surface area contributed by atoms with Gasteiger partial charge in [0.15, 0.2) is 5.69 Å². The molecular formula is C27H28F3N7O. The summed E-state index contributed by atoms with van der Waals surface area (Å²) in [5.74, 6) is 2.24. The van der Waals surface area contributed by atoms with Gasteiger partial charge in [-0.1, -0.05) is 24.3 Å². The highest BCUT2D eigenvalue weighted by Crippen LogP contribution is 2.46. The van der Waals surface area contributed by atoms with Crippen LogP contribution in [0.5, 0.6) is 5.88 Å². The van der Waals surface area contributed by atoms with Gasteiger partial charge in [-0.2, -0.15) is 18.3 Å². The first kappa shape index (κ1) is 24.4. The number of aromatic nitrogens is 6. The Hall–Kier alpha value is -3.89. The maximum Gasteiger partial charge on any atom is 0.434 e. The van der Waals surface area contributed by atoms with Crippen LogP contribution in [0.2, 0.25) is 0 Å². The van der Waals surface area contributed by atoms with E-state index in [0.29, 0.717) is 23.9 Å². The second-order valence-electron chi connectivity index (χ2n) is 10.0. The minimum atomic E-state index is -4.47. The highest BCUT2D eigenvalue weighted by atomic mass is 19.4. The van der Waals surface area contributed by atoms with Crippen LogP contribution < -0.4 is 9.64 Å². The number of hydrogen-bond acceptors (Lipinski definition) is 6. The summed E-state index contributed by atoms with van der Waals surface area (Å²) in [6.45, 7) is 3.64. The lowest BCUT2D eigenvalue weighted by molar-refractivity contribution is -0.140. The van der Waals surface area contributed by atoms with Gasteiger partial charge in [-0.15, -0.1) is 0 Å². The number of hydrogen-bond donors (Lipinski definition) is 0. The van der Waals surface area contributed by atoms with Crippen LogP contribution >= 0.6 is 0 Å². The fourth-order valence-electron chi connectivity index (χ4n) is 5.12. The Morgan fingerprint density at radius 3 is 2.50 bits per heavy atom. The van der Waals surface area contributed by atoms with Crippen LogP contribution in [0.15, 0.2) is 42.9 Å². The highest BCUT2D eigenvalue weighted by molar-refractivity contribution is 5.72. The van der Waals surface area contributed by atoms with Crippen molar-refractivity contribution in [2.75, 3.05) is 12.0 Å². The van der Waals surface area contributed by atoms with E-state index >= 15 is 0 Å². The van der Waals surface area contributed by atoms with E-state index in [4.69, 9.17) is 9.84 Å². The normalized spacial score (nSPS) is 17.5. The van der Waals surface area contributed by atoms with Crippen molar-refractivity contribution in [1.29, 1.82) is 0 Å². The van der Waals surface area contributed by atoms with E-state index < -0.39 is 11.9 Å². The Bertz CT molecular complexity index is 1470. The molecule has 0 saturated heterocycles. The summed E-state index contributed by atoms with van der Waals surface area (Å²) >= 11 is 0. The molecule has 38 heavy (non-hydrogen) atoms. The average Bonchev–Trinajstić information content (AvgIpc) is 3.53. The van der Waals surface area contributed by atoms with Crippen molar-refractivity contribution in [3.63, 3.8) is 0 Å². The molecule has 2 aliphatic rings. The molecule has 4 aromatic rings. The highest BCUT2D eigenvalue weighted by Gasteiger charge is 2.35. The molecule has 4 heterocycles. The lowest BCUT2D eigenvalue weighted by Crippen LogP contribution is -2.38. The molecule has 6 rings (SSSR count). The number of methoxy groups -OCH3 is 1. The third kappa shape index (κ3) is 4.39. The van der Waals surface area contributed by atoms with E-state index in [2.05, 4.69) is 32.8 Å². The zero-order valence-electron chi connectivity index (χ0n) is 21.4. The number of nitrogens with zero attached hydrogens (tertiary/aromatic N) is 7. The van der Waals surface area contributed by atoms with E-state index in [1.807, 2.05) is 28.9 Å². The monoisotopic (exact) mass is 523 g/mol. The predicted octanol–water partition coefficient (Wildman–Crippen LogP) is 5.44. The maximum absolute atomic E-state index is 13.1. The summed E-state index contributed by atoms with van der Waals surface area (Å²) in [7, 11) is 3.19. The number of anilines is 1. The minimum Gasteiger partial charge on any atom is -0.480 e. The Morgan fingerprint density at radius 1 is 1.08 bits per heavy atom. The summed E-state index contributed by atoms with van der Waals surface area (Å²) in [4.78, 5) is 15.0. The first-order chi connectivity index (χ1) is 18.2. The zero-order valence-corrected chi connectivity index (χ0v) is 21.4. The number of rotatable bonds is 6. The van der Waals surface area contributed by atoms with E-state index in [-0.39, 0.29) is 11.9 Å². The van der Waals surface area contributed by atoms with Crippen LogP contribution in [0.1, 0.15) is 49.1 Å². The average molecular weight is 524 g/mol. The number of fused-ring (bicyclic) bond motifs is 1. The van der Waals surface area contributed by atoms with E-state index in [1.165, 1.54) is 4.57 Å². The first-order valence-electron chi connectivity index (χ1n) is 12.7. The second kappa shape index (κ2) is 9.14. The molecule has 0 N–H and O–H groups in total. The Balaban J connectivity index is 1.29. The number of halogens is 3. The fraction of sp³-hybridized carbons (Fsp3) is 0.407. The largest absolute Gasteiger partial charge is 0.480 e. The van der Waals surface area contributed by atoms with Gasteiger partial charge in [0.2, 0.25) is 5.88 Å². The topological polar surface area (TPSA) is 73.9 Å². The van der Waals surface area contributed by atoms with Crippen molar-refractivity contribution in [3.05, 3.63) is 59.8 Å². The van der Waals surface area contributed by atoms with Gasteiger partial charge >= 0.3 is 6.18 Å². The molecule has 0 spiro atoms. The molecule has 198 valence electrons. The predicted molar refractivity (Wildman–Crippen MR) is 136 cm³/mol. The SMILES string of the molecule is COc1ncnc(C2CC2)c1-c1cc2n(n1)CCC(C)N2Cc1ccc(-c2nc(C(F)(F)F)cn2C)cc1. The van der Waals surface area contributed by atoms with Crippen molar-refractivity contribution < 1.29 is 17.9 Å². The molecule has 8 nitrogen and oxygen atoms in total. The second-order valence-corrected chi connectivity index (χ2v) is 10.0. The Kier molecular flexibility index (Phi) is 5.88. The fourth-order valence-corrected chi connectivity index (χ4v) is 5.12. The number of benzene rings is 1. The molecule has 1 atom stereocenters. The number of ether oxygens (including phenoxy) is 1. The van der Waals surface area contributed by atoms with Crippen molar-refractivity contribution in [2.45, 2.75) is 57.4 Å². The van der Waals surface area contributed by atoms with Crippen LogP contribution in [0.3, 0.4) is 0 Å². The van der Waals surface area contributed by atoms with Crippen LogP contribution in [0, 0.1) is 0 Å². The van der Waals surface area contributed by atoms with Gasteiger partial charge in [-0.05, 0) is 31.7 Å². The van der Waals surface area contributed by atoms with Gasteiger partial charge in [0.1, 0.15) is 23.7 Å². The van der Waals surface area contributed by atoms with E-state index in [1.54, 1.807) is 20.5 Å². The lowest BCUT2D eigenvalue weighted by atomic mass is 10.1. The summed E-state index contributed by atoms with van der Waals surface area (Å²) in [5, 5.41) is 4.92. The molecule has 1 fully saturated rings. The number of imidazole rings is 1. The Labute approximate surface area is 218 Å². The zero-order chi connectivity index (χ0) is 26.6. The molecule has 1 saturated carbocycles. The van der Waals surface area contributed by atoms with Crippen molar-refractivity contribution >= 4 is 5.82 Å². The summed E-state index contributed by atoms with van der Waals surface area (Å²) in [6.07, 6.45) is 1.25. The summed E-state index contributed by atoms with van der Waals surface area (Å²) in [5.41, 5.74) is 3.45. The first-order valence-corrected chi connectivity index (χ1v) is 12.7. The maximum atomic E-state index is 13.1. The molecule has 0 radical (unpaired) electrons. The van der Waals surface area contributed by atoms with Crippen LogP contribution in [-0.2, 0) is 26.3 Å². The summed E-state index contributed by atoms with van der Waals surface area (Å²) < 4.78 is 48.3. The molecule has 3 aromatic heterocycles. The van der Waals surface area contributed by atoms with E-state index in [0.717, 1.165) is 60.3 Å². The number of aryl methyl sites for hydroxylation is 2. The smallest absolute Gasteiger partial charge is 0.434 e. The van der Waals surface area contributed by atoms with Gasteiger partial charge in [0, 0.05) is 49.9 Å². The summed E-state index contributed by atoms with van der Waals surface area (Å²) in [6, 6.07) is 9.90. The van der Waals surface area contributed by atoms with Gasteiger partial charge in [0.25, 0.3) is 0 Å². The quantitative estimate of drug-likeness (QED) is 0.335. The lowest BCUT2D eigenvalue weighted by Gasteiger charge is -2.35. The van der Waals surface area contributed by atoms with Crippen LogP contribution in [-0.4, -0.2) is 42.5 Å². The van der Waals surface area contributed by atoms with Crippen LogP contribution in [0.4, 0.5) is 19.0 Å². The van der Waals surface area contributed by atoms with Gasteiger partial charge in [-0.3, -0.25) is 0 Å². The molecule has 0 bridgehead atoms. The Morgan fingerprint density at radius 2 is 1.84 bits per heavy atom. The third-order valence-corrected chi connectivity index (χ3v) is 7.33. The molecule has 1 aliphatic carbocycles. The molecule has 1 aromatic carbocycles. The standard InChI is InChI=1S/C27H28F3N7O/c1-16-10-11-37-22(12-20(34-37)23-24(18-8-9-18)31-15-32-26(23)38-3)36(16)13-17-4-6-19(7-5-17)25-33-21(14-35(25)2)27(28,29)30/h4-7,12,14-16,18H,8-11,13H2,1-3H3. The molecule has 0 amide bonds.